The van der Waals surface area contributed by atoms with Crippen LogP contribution in [-0.4, -0.2) is 52.7 Å². The maximum absolute atomic E-state index is 12.7. The fourth-order valence-corrected chi connectivity index (χ4v) is 8.07. The molecule has 0 aliphatic heterocycles. The Balaban J connectivity index is 1.81. The summed E-state index contributed by atoms with van der Waals surface area (Å²) in [5.41, 5.74) is 7.34. The van der Waals surface area contributed by atoms with Gasteiger partial charge in [0.05, 0.1) is 46.1 Å². The average molecular weight is 886 g/mol. The maximum atomic E-state index is 12.7. The lowest BCUT2D eigenvalue weighted by atomic mass is 9.90. The number of benzene rings is 4. The highest BCUT2D eigenvalue weighted by molar-refractivity contribution is 5.62. The van der Waals surface area contributed by atoms with Crippen molar-refractivity contribution < 1.29 is 38.6 Å². The number of hydrogen-bond acceptors (Lipinski definition) is 13. The number of nitro groups is 4. The van der Waals surface area contributed by atoms with E-state index in [2.05, 4.69) is 0 Å². The van der Waals surface area contributed by atoms with Gasteiger partial charge in [0.15, 0.2) is 0 Å². The largest absolute Gasteiger partial charge is 0.493 e. The van der Waals surface area contributed by atoms with Gasteiger partial charge in [0.2, 0.25) is 0 Å². The average Bonchev–Trinajstić information content (AvgIpc) is 3.25. The van der Waals surface area contributed by atoms with Crippen molar-refractivity contribution in [2.45, 2.75) is 117 Å². The lowest BCUT2D eigenvalue weighted by molar-refractivity contribution is -0.385. The molecule has 4 aromatic carbocycles. The van der Waals surface area contributed by atoms with Crippen LogP contribution in [0, 0.1) is 40.5 Å². The minimum atomic E-state index is -0.540. The summed E-state index contributed by atoms with van der Waals surface area (Å²) in [6.45, 7) is 7.34. The number of ether oxygens (including phenoxy) is 4. The Hall–Kier alpha value is -6.36. The SMILES string of the molecule is CCCOc1c2cc([N+](=O)[O-])cc1Cc1cc([N+](=O)[O-])cc(c1OCCC)Cc1cc([N+](=O)[O-])cc(c1OCCCCCCCCCCN)Cc1cc([N+](=O)[O-])cc(c1OCCC)C2. The fourth-order valence-electron chi connectivity index (χ4n) is 8.07. The van der Waals surface area contributed by atoms with E-state index in [4.69, 9.17) is 24.7 Å². The Morgan fingerprint density at radius 3 is 0.828 bits per heavy atom. The van der Waals surface area contributed by atoms with Crippen LogP contribution in [0.15, 0.2) is 48.5 Å². The van der Waals surface area contributed by atoms with Gasteiger partial charge in [-0.2, -0.15) is 0 Å². The molecule has 5 rings (SSSR count). The number of nitro benzene ring substituents is 4. The summed E-state index contributed by atoms with van der Waals surface area (Å²) in [4.78, 5) is 48.3. The summed E-state index contributed by atoms with van der Waals surface area (Å²) >= 11 is 0. The third-order valence-electron chi connectivity index (χ3n) is 11.0. The van der Waals surface area contributed by atoms with Crippen LogP contribution in [0.25, 0.3) is 0 Å². The van der Waals surface area contributed by atoms with Gasteiger partial charge in [0.25, 0.3) is 22.7 Å². The van der Waals surface area contributed by atoms with Gasteiger partial charge in [-0.25, -0.2) is 0 Å². The summed E-state index contributed by atoms with van der Waals surface area (Å²) in [6.07, 6.45) is 9.30. The normalized spacial score (nSPS) is 12.1. The van der Waals surface area contributed by atoms with Crippen LogP contribution in [0.5, 0.6) is 23.0 Å². The van der Waals surface area contributed by atoms with E-state index in [0.717, 1.165) is 44.9 Å². The Bertz CT molecular complexity index is 2180. The lowest BCUT2D eigenvalue weighted by Crippen LogP contribution is -2.11. The minimum absolute atomic E-state index is 0.0979. The van der Waals surface area contributed by atoms with Crippen LogP contribution < -0.4 is 24.7 Å². The predicted molar refractivity (Wildman–Crippen MR) is 242 cm³/mol. The first-order chi connectivity index (χ1) is 30.9. The third kappa shape index (κ3) is 12.9. The molecule has 0 aromatic heterocycles. The van der Waals surface area contributed by atoms with E-state index >= 15 is 0 Å². The van der Waals surface area contributed by atoms with Crippen molar-refractivity contribution >= 4 is 22.7 Å². The van der Waals surface area contributed by atoms with E-state index in [1.165, 1.54) is 48.5 Å². The molecule has 0 amide bonds. The molecule has 1 aliphatic carbocycles. The number of rotatable bonds is 24. The van der Waals surface area contributed by atoms with Crippen LogP contribution in [0.4, 0.5) is 22.7 Å². The molecule has 64 heavy (non-hydrogen) atoms. The van der Waals surface area contributed by atoms with E-state index in [1.807, 2.05) is 20.8 Å². The lowest BCUT2D eigenvalue weighted by Gasteiger charge is -2.22. The van der Waals surface area contributed by atoms with E-state index in [1.54, 1.807) is 0 Å². The highest BCUT2D eigenvalue weighted by atomic mass is 16.6. The van der Waals surface area contributed by atoms with Gasteiger partial charge in [-0.3, -0.25) is 40.5 Å². The number of hydrogen-bond donors (Lipinski definition) is 1. The van der Waals surface area contributed by atoms with Gasteiger partial charge in [0, 0.05) is 119 Å². The third-order valence-corrected chi connectivity index (χ3v) is 11.0. The van der Waals surface area contributed by atoms with Crippen molar-refractivity contribution in [3.8, 4) is 23.0 Å². The minimum Gasteiger partial charge on any atom is -0.493 e. The first kappa shape index (κ1) is 48.7. The highest BCUT2D eigenvalue weighted by Gasteiger charge is 2.29. The predicted octanol–water partition coefficient (Wildman–Crippen LogP) is 10.8. The topological polar surface area (TPSA) is 236 Å². The van der Waals surface area contributed by atoms with Crippen molar-refractivity contribution in [3.05, 3.63) is 133 Å². The number of nitrogens with zero attached hydrogens (tertiary/aromatic N) is 4. The molecule has 0 spiro atoms. The van der Waals surface area contributed by atoms with Crippen molar-refractivity contribution in [3.63, 3.8) is 0 Å². The van der Waals surface area contributed by atoms with Crippen molar-refractivity contribution in [1.29, 1.82) is 0 Å². The molecule has 344 valence electrons. The fraction of sp³-hybridized carbons (Fsp3) is 0.489. The summed E-state index contributed by atoms with van der Waals surface area (Å²) in [7, 11) is 0. The van der Waals surface area contributed by atoms with Crippen LogP contribution in [-0.2, 0) is 25.7 Å². The zero-order valence-corrected chi connectivity index (χ0v) is 37.0. The van der Waals surface area contributed by atoms with E-state index in [9.17, 15) is 40.5 Å². The number of unbranched alkanes of at least 4 members (excludes halogenated alkanes) is 7. The molecule has 0 saturated heterocycles. The van der Waals surface area contributed by atoms with Gasteiger partial charge in [-0.15, -0.1) is 0 Å². The zero-order valence-electron chi connectivity index (χ0n) is 37.0. The molecule has 0 radical (unpaired) electrons. The summed E-state index contributed by atoms with van der Waals surface area (Å²) in [5, 5.41) is 50.4. The summed E-state index contributed by atoms with van der Waals surface area (Å²) < 4.78 is 25.7. The molecule has 4 aromatic rings. The van der Waals surface area contributed by atoms with Crippen LogP contribution in [0.2, 0.25) is 0 Å². The van der Waals surface area contributed by atoms with Crippen LogP contribution >= 0.6 is 0 Å². The molecule has 8 bridgehead atoms. The van der Waals surface area contributed by atoms with Crippen molar-refractivity contribution in [2.75, 3.05) is 33.0 Å². The second-order valence-electron chi connectivity index (χ2n) is 16.1. The van der Waals surface area contributed by atoms with Crippen LogP contribution in [0.1, 0.15) is 136 Å². The molecule has 0 fully saturated rings. The molecule has 1 aliphatic rings. The van der Waals surface area contributed by atoms with Gasteiger partial charge in [-0.1, -0.05) is 59.3 Å². The molecule has 17 heteroatoms. The molecule has 17 nitrogen and oxygen atoms in total. The maximum Gasteiger partial charge on any atom is 0.270 e. The van der Waals surface area contributed by atoms with E-state index in [0.29, 0.717) is 99.7 Å². The molecule has 2 N–H and O–H groups in total. The smallest absolute Gasteiger partial charge is 0.270 e. The van der Waals surface area contributed by atoms with Crippen LogP contribution in [0.3, 0.4) is 0 Å². The molecule has 0 saturated carbocycles. The standard InChI is InChI=1S/C47H59N5O12/c1-4-16-61-44-32-20-34-26-41(50(55)56)28-36(45(34)62-17-5-2)22-38-30-43(52(59)60)31-39(47(38)64-19-14-12-10-8-7-9-11-13-15-48)23-37-29-42(51(57)58)27-35(46(37)63-18-6-3)21-33(44)25-40(24-32)49(53)54/h24-31H,4-23,48H2,1-3H3. The highest BCUT2D eigenvalue weighted by Crippen LogP contribution is 2.43. The van der Waals surface area contributed by atoms with E-state index < -0.39 is 19.7 Å². The first-order valence-electron chi connectivity index (χ1n) is 22.3. The van der Waals surface area contributed by atoms with Crippen molar-refractivity contribution in [1.82, 2.24) is 0 Å². The number of non-ortho nitro benzene ring substituents is 4. The van der Waals surface area contributed by atoms with Gasteiger partial charge < -0.3 is 24.7 Å². The molecule has 0 heterocycles. The number of nitrogens with two attached hydrogens (primary N) is 1. The summed E-state index contributed by atoms with van der Waals surface area (Å²) in [6, 6.07) is 11.0. The monoisotopic (exact) mass is 885 g/mol. The second kappa shape index (κ2) is 23.9. The molecule has 0 atom stereocenters. The van der Waals surface area contributed by atoms with Crippen molar-refractivity contribution in [2.24, 2.45) is 5.73 Å². The number of fused-ring (bicyclic) bond motifs is 8. The molecular weight excluding hydrogens is 827 g/mol. The molecular formula is C47H59N5O12. The Morgan fingerprint density at radius 1 is 0.391 bits per heavy atom. The zero-order chi connectivity index (χ0) is 46.2. The van der Waals surface area contributed by atoms with Gasteiger partial charge >= 0.3 is 0 Å². The Labute approximate surface area is 372 Å². The Kier molecular flexibility index (Phi) is 18.2. The second-order valence-corrected chi connectivity index (χ2v) is 16.1. The summed E-state index contributed by atoms with van der Waals surface area (Å²) in [5.74, 6) is 1.22. The van der Waals surface area contributed by atoms with Gasteiger partial charge in [0.1, 0.15) is 23.0 Å². The quantitative estimate of drug-likeness (QED) is 0.0345. The Morgan fingerprint density at radius 2 is 0.609 bits per heavy atom. The molecule has 0 unspecified atom stereocenters. The van der Waals surface area contributed by atoms with Gasteiger partial charge in [-0.05, 0) is 38.6 Å². The van der Waals surface area contributed by atoms with E-state index in [-0.39, 0.29) is 74.9 Å². The first-order valence-corrected chi connectivity index (χ1v) is 22.3.